The molecule has 0 unspecified atom stereocenters. The fourth-order valence-electron chi connectivity index (χ4n) is 3.78. The first-order valence-corrected chi connectivity index (χ1v) is 10.4. The third-order valence-corrected chi connectivity index (χ3v) is 5.45. The molecule has 3 aromatic rings. The van der Waals surface area contributed by atoms with E-state index >= 15 is 0 Å². The lowest BCUT2D eigenvalue weighted by Crippen LogP contribution is -2.38. The average molecular weight is 389 g/mol. The largest absolute Gasteiger partial charge is 0.349 e. The van der Waals surface area contributed by atoms with Gasteiger partial charge in [-0.1, -0.05) is 54.4 Å². The van der Waals surface area contributed by atoms with Crippen LogP contribution in [-0.2, 0) is 0 Å². The van der Waals surface area contributed by atoms with Gasteiger partial charge in [0.1, 0.15) is 5.69 Å². The van der Waals surface area contributed by atoms with Crippen LogP contribution in [0.25, 0.3) is 16.9 Å². The third-order valence-electron chi connectivity index (χ3n) is 5.45. The van der Waals surface area contributed by atoms with Crippen LogP contribution in [0.1, 0.15) is 35.3 Å². The Bertz CT molecular complexity index is 941. The highest BCUT2D eigenvalue weighted by molar-refractivity contribution is 5.94. The summed E-state index contributed by atoms with van der Waals surface area (Å²) in [6.07, 6.45) is 3.84. The van der Waals surface area contributed by atoms with Gasteiger partial charge in [0, 0.05) is 18.7 Å². The fourth-order valence-corrected chi connectivity index (χ4v) is 3.78. The molecule has 1 fully saturated rings. The van der Waals surface area contributed by atoms with Crippen molar-refractivity contribution in [3.05, 3.63) is 71.9 Å². The Morgan fingerprint density at radius 1 is 1.00 bits per heavy atom. The fraction of sp³-hybridized carbons (Fsp3) is 0.333. The van der Waals surface area contributed by atoms with Gasteiger partial charge in [0.25, 0.3) is 5.91 Å². The molecule has 29 heavy (non-hydrogen) atoms. The van der Waals surface area contributed by atoms with Crippen molar-refractivity contribution >= 4 is 5.91 Å². The van der Waals surface area contributed by atoms with E-state index in [0.29, 0.717) is 12.2 Å². The highest BCUT2D eigenvalue weighted by Gasteiger charge is 2.18. The number of aryl methyl sites for hydroxylation is 1. The maximum atomic E-state index is 13.0. The summed E-state index contributed by atoms with van der Waals surface area (Å²) in [6, 6.07) is 19.9. The molecule has 1 aromatic heterocycles. The number of carbonyl (C=O) groups is 1. The quantitative estimate of drug-likeness (QED) is 0.693. The van der Waals surface area contributed by atoms with Crippen molar-refractivity contribution in [1.82, 2.24) is 20.0 Å². The molecule has 1 N–H and O–H groups in total. The monoisotopic (exact) mass is 388 g/mol. The molecule has 0 radical (unpaired) electrons. The lowest BCUT2D eigenvalue weighted by molar-refractivity contribution is 0.0939. The van der Waals surface area contributed by atoms with E-state index in [2.05, 4.69) is 17.1 Å². The average Bonchev–Trinajstić information content (AvgIpc) is 3.21. The van der Waals surface area contributed by atoms with Crippen molar-refractivity contribution in [2.75, 3.05) is 26.2 Å². The number of benzene rings is 2. The summed E-state index contributed by atoms with van der Waals surface area (Å²) in [5.74, 6) is -0.0859. The van der Waals surface area contributed by atoms with Gasteiger partial charge in [-0.3, -0.25) is 4.79 Å². The Morgan fingerprint density at radius 3 is 2.45 bits per heavy atom. The van der Waals surface area contributed by atoms with E-state index in [1.54, 1.807) is 4.68 Å². The second kappa shape index (κ2) is 9.05. The molecule has 2 heterocycles. The van der Waals surface area contributed by atoms with Crippen molar-refractivity contribution in [3.63, 3.8) is 0 Å². The maximum absolute atomic E-state index is 13.0. The number of nitrogens with zero attached hydrogens (tertiary/aromatic N) is 3. The van der Waals surface area contributed by atoms with Gasteiger partial charge < -0.3 is 10.2 Å². The molecule has 5 heteroatoms. The van der Waals surface area contributed by atoms with Crippen LogP contribution in [0.15, 0.2) is 60.7 Å². The van der Waals surface area contributed by atoms with Crippen LogP contribution in [0.3, 0.4) is 0 Å². The highest BCUT2D eigenvalue weighted by Crippen LogP contribution is 2.22. The molecule has 4 rings (SSSR count). The number of amides is 1. The van der Waals surface area contributed by atoms with Crippen molar-refractivity contribution < 1.29 is 4.79 Å². The Morgan fingerprint density at radius 2 is 1.72 bits per heavy atom. The molecule has 5 nitrogen and oxygen atoms in total. The van der Waals surface area contributed by atoms with Gasteiger partial charge in [-0.2, -0.15) is 5.10 Å². The zero-order chi connectivity index (χ0) is 20.1. The molecule has 1 aliphatic rings. The number of rotatable bonds is 6. The van der Waals surface area contributed by atoms with Crippen LogP contribution in [-0.4, -0.2) is 46.8 Å². The molecule has 2 aromatic carbocycles. The number of piperidine rings is 1. The summed E-state index contributed by atoms with van der Waals surface area (Å²) in [6.45, 7) is 5.87. The van der Waals surface area contributed by atoms with Crippen LogP contribution < -0.4 is 5.32 Å². The van der Waals surface area contributed by atoms with E-state index in [4.69, 9.17) is 5.10 Å². The second-order valence-corrected chi connectivity index (χ2v) is 7.69. The van der Waals surface area contributed by atoms with E-state index in [1.165, 1.54) is 24.8 Å². The molecule has 1 amide bonds. The van der Waals surface area contributed by atoms with Gasteiger partial charge in [-0.15, -0.1) is 0 Å². The van der Waals surface area contributed by atoms with Gasteiger partial charge in [-0.25, -0.2) is 4.68 Å². The van der Waals surface area contributed by atoms with Crippen LogP contribution >= 0.6 is 0 Å². The topological polar surface area (TPSA) is 50.2 Å². The lowest BCUT2D eigenvalue weighted by atomic mass is 10.1. The van der Waals surface area contributed by atoms with Crippen LogP contribution in [0.4, 0.5) is 0 Å². The summed E-state index contributed by atoms with van der Waals surface area (Å²) >= 11 is 0. The van der Waals surface area contributed by atoms with Crippen molar-refractivity contribution in [1.29, 1.82) is 0 Å². The molecule has 0 aliphatic carbocycles. The number of carbonyl (C=O) groups excluding carboxylic acids is 1. The Balaban J connectivity index is 1.55. The number of aromatic nitrogens is 2. The minimum atomic E-state index is -0.0859. The molecule has 0 bridgehead atoms. The van der Waals surface area contributed by atoms with Gasteiger partial charge in [0.2, 0.25) is 0 Å². The predicted molar refractivity (Wildman–Crippen MR) is 116 cm³/mol. The van der Waals surface area contributed by atoms with E-state index in [0.717, 1.165) is 36.6 Å². The molecular formula is C24H28N4O. The van der Waals surface area contributed by atoms with Gasteiger partial charge >= 0.3 is 0 Å². The zero-order valence-corrected chi connectivity index (χ0v) is 17.0. The minimum Gasteiger partial charge on any atom is -0.349 e. The Hall–Kier alpha value is -2.92. The molecule has 0 atom stereocenters. The second-order valence-electron chi connectivity index (χ2n) is 7.69. The zero-order valence-electron chi connectivity index (χ0n) is 17.0. The molecule has 1 saturated heterocycles. The minimum absolute atomic E-state index is 0.0859. The van der Waals surface area contributed by atoms with Gasteiger partial charge in [0.05, 0.1) is 11.4 Å². The summed E-state index contributed by atoms with van der Waals surface area (Å²) < 4.78 is 1.75. The molecule has 1 aliphatic heterocycles. The third kappa shape index (κ3) is 4.74. The molecule has 0 saturated carbocycles. The van der Waals surface area contributed by atoms with Crippen molar-refractivity contribution in [3.8, 4) is 16.9 Å². The summed E-state index contributed by atoms with van der Waals surface area (Å²) in [5.41, 5.74) is 4.43. The number of likely N-dealkylation sites (tertiary alicyclic amines) is 1. The first-order chi connectivity index (χ1) is 14.2. The Kier molecular flexibility index (Phi) is 6.06. The first kappa shape index (κ1) is 19.4. The smallest absolute Gasteiger partial charge is 0.270 e. The number of hydrogen-bond acceptors (Lipinski definition) is 3. The normalized spacial score (nSPS) is 14.7. The summed E-state index contributed by atoms with van der Waals surface area (Å²) in [4.78, 5) is 15.4. The Labute approximate surface area is 172 Å². The van der Waals surface area contributed by atoms with E-state index in [-0.39, 0.29) is 5.91 Å². The van der Waals surface area contributed by atoms with Crippen LogP contribution in [0, 0.1) is 6.92 Å². The number of nitrogens with one attached hydrogen (secondary N) is 1. The summed E-state index contributed by atoms with van der Waals surface area (Å²) in [5, 5.41) is 7.84. The van der Waals surface area contributed by atoms with Crippen molar-refractivity contribution in [2.45, 2.75) is 26.2 Å². The van der Waals surface area contributed by atoms with Gasteiger partial charge in [-0.05, 0) is 51.1 Å². The van der Waals surface area contributed by atoms with Crippen LogP contribution in [0.5, 0.6) is 0 Å². The molecule has 150 valence electrons. The van der Waals surface area contributed by atoms with E-state index in [9.17, 15) is 4.79 Å². The predicted octanol–water partition coefficient (Wildman–Crippen LogP) is 4.06. The van der Waals surface area contributed by atoms with E-state index < -0.39 is 0 Å². The highest BCUT2D eigenvalue weighted by atomic mass is 16.2. The standard InChI is InChI=1S/C24H28N4O/c1-19-10-12-21(13-11-19)28-23(18-22(26-28)20-8-4-2-5-9-20)24(29)25-14-17-27-15-6-3-7-16-27/h2,4-5,8-13,18H,3,6-7,14-17H2,1H3,(H,25,29). The first-order valence-electron chi connectivity index (χ1n) is 10.4. The maximum Gasteiger partial charge on any atom is 0.270 e. The van der Waals surface area contributed by atoms with Crippen molar-refractivity contribution in [2.24, 2.45) is 0 Å². The number of hydrogen-bond donors (Lipinski definition) is 1. The SMILES string of the molecule is Cc1ccc(-n2nc(-c3ccccc3)cc2C(=O)NCCN2CCCCC2)cc1. The van der Waals surface area contributed by atoms with E-state index in [1.807, 2.05) is 60.7 Å². The van der Waals surface area contributed by atoms with Crippen LogP contribution in [0.2, 0.25) is 0 Å². The molecular weight excluding hydrogens is 360 g/mol. The summed E-state index contributed by atoms with van der Waals surface area (Å²) in [7, 11) is 0. The molecule has 0 spiro atoms. The van der Waals surface area contributed by atoms with Gasteiger partial charge in [0.15, 0.2) is 0 Å². The lowest BCUT2D eigenvalue weighted by Gasteiger charge is -2.26.